The Balaban J connectivity index is 2.68. The summed E-state index contributed by atoms with van der Waals surface area (Å²) in [4.78, 5) is 18.9. The molecule has 2 aromatic rings. The van der Waals surface area contributed by atoms with Crippen molar-refractivity contribution in [2.24, 2.45) is 0 Å². The third kappa shape index (κ3) is 1.79. The third-order valence-electron chi connectivity index (χ3n) is 2.26. The Kier molecular flexibility index (Phi) is 2.33. The van der Waals surface area contributed by atoms with E-state index in [1.165, 1.54) is 0 Å². The zero-order valence-electron chi connectivity index (χ0n) is 8.27. The van der Waals surface area contributed by atoms with Crippen LogP contribution in [0.1, 0.15) is 11.3 Å². The molecule has 0 unspecified atom stereocenters. The first-order valence-electron chi connectivity index (χ1n) is 4.59. The van der Waals surface area contributed by atoms with Crippen LogP contribution in [-0.2, 0) is 11.2 Å². The van der Waals surface area contributed by atoms with E-state index in [4.69, 9.17) is 5.11 Å². The summed E-state index contributed by atoms with van der Waals surface area (Å²) in [6.45, 7) is 1.93. The lowest BCUT2D eigenvalue weighted by Gasteiger charge is -2.05. The molecule has 4 nitrogen and oxygen atoms in total. The Morgan fingerprint density at radius 1 is 1.33 bits per heavy atom. The summed E-state index contributed by atoms with van der Waals surface area (Å²) in [7, 11) is 0. The van der Waals surface area contributed by atoms with Crippen LogP contribution in [-0.4, -0.2) is 21.0 Å². The van der Waals surface area contributed by atoms with E-state index >= 15 is 0 Å². The first-order valence-corrected chi connectivity index (χ1v) is 4.59. The number of pyridine rings is 2. The highest BCUT2D eigenvalue weighted by atomic mass is 16.4. The topological polar surface area (TPSA) is 63.1 Å². The van der Waals surface area contributed by atoms with Gasteiger partial charge >= 0.3 is 5.97 Å². The van der Waals surface area contributed by atoms with Crippen LogP contribution in [0.25, 0.3) is 10.9 Å². The second-order valence-corrected chi connectivity index (χ2v) is 3.35. The van der Waals surface area contributed by atoms with Crippen LogP contribution >= 0.6 is 0 Å². The highest BCUT2D eigenvalue weighted by Crippen LogP contribution is 2.18. The SMILES string of the molecule is Cc1ccnc2ccnc(CC(=O)O)c12. The molecule has 0 amide bonds. The molecule has 0 aliphatic rings. The quantitative estimate of drug-likeness (QED) is 0.802. The van der Waals surface area contributed by atoms with Crippen molar-refractivity contribution in [3.05, 3.63) is 35.8 Å². The molecule has 2 heterocycles. The number of carboxylic acids is 1. The molecule has 4 heteroatoms. The number of carboxylic acid groups (broad SMARTS) is 1. The van der Waals surface area contributed by atoms with Crippen molar-refractivity contribution < 1.29 is 9.90 Å². The fourth-order valence-corrected chi connectivity index (χ4v) is 1.62. The lowest BCUT2D eigenvalue weighted by Crippen LogP contribution is -2.03. The van der Waals surface area contributed by atoms with Crippen molar-refractivity contribution in [2.75, 3.05) is 0 Å². The van der Waals surface area contributed by atoms with E-state index in [1.54, 1.807) is 18.5 Å². The smallest absolute Gasteiger partial charge is 0.309 e. The normalized spacial score (nSPS) is 10.5. The number of hydrogen-bond donors (Lipinski definition) is 1. The van der Waals surface area contributed by atoms with Gasteiger partial charge in [-0.25, -0.2) is 0 Å². The van der Waals surface area contributed by atoms with Crippen molar-refractivity contribution in [1.29, 1.82) is 0 Å². The van der Waals surface area contributed by atoms with Crippen LogP contribution in [0.15, 0.2) is 24.5 Å². The Hall–Kier alpha value is -1.97. The molecular weight excluding hydrogens is 192 g/mol. The van der Waals surface area contributed by atoms with E-state index in [2.05, 4.69) is 9.97 Å². The van der Waals surface area contributed by atoms with Gasteiger partial charge in [-0.05, 0) is 24.6 Å². The van der Waals surface area contributed by atoms with Gasteiger partial charge in [-0.15, -0.1) is 0 Å². The Morgan fingerprint density at radius 2 is 2.07 bits per heavy atom. The summed E-state index contributed by atoms with van der Waals surface area (Å²) in [5, 5.41) is 9.61. The molecule has 0 atom stereocenters. The van der Waals surface area contributed by atoms with Gasteiger partial charge in [0, 0.05) is 17.8 Å². The number of carbonyl (C=O) groups is 1. The maximum absolute atomic E-state index is 10.7. The van der Waals surface area contributed by atoms with Crippen molar-refractivity contribution in [3.63, 3.8) is 0 Å². The average molecular weight is 202 g/mol. The minimum absolute atomic E-state index is 0.0656. The lowest BCUT2D eigenvalue weighted by atomic mass is 10.1. The maximum Gasteiger partial charge on any atom is 0.309 e. The molecule has 2 aromatic heterocycles. The Bertz CT molecular complexity index is 518. The molecule has 0 aliphatic carbocycles. The van der Waals surface area contributed by atoms with Gasteiger partial charge in [0.1, 0.15) is 0 Å². The predicted molar refractivity (Wildman–Crippen MR) is 55.6 cm³/mol. The summed E-state index contributed by atoms with van der Waals surface area (Å²) >= 11 is 0. The summed E-state index contributed by atoms with van der Waals surface area (Å²) in [5.41, 5.74) is 2.37. The van der Waals surface area contributed by atoms with Gasteiger partial charge in [-0.3, -0.25) is 14.8 Å². The van der Waals surface area contributed by atoms with Crippen molar-refractivity contribution >= 4 is 16.9 Å². The third-order valence-corrected chi connectivity index (χ3v) is 2.26. The molecule has 0 spiro atoms. The molecular formula is C11H10N2O2. The van der Waals surface area contributed by atoms with E-state index < -0.39 is 5.97 Å². The van der Waals surface area contributed by atoms with Crippen LogP contribution in [0.3, 0.4) is 0 Å². The van der Waals surface area contributed by atoms with Crippen molar-refractivity contribution in [2.45, 2.75) is 13.3 Å². The maximum atomic E-state index is 10.7. The highest BCUT2D eigenvalue weighted by molar-refractivity contribution is 5.86. The fraction of sp³-hybridized carbons (Fsp3) is 0.182. The van der Waals surface area contributed by atoms with Crippen LogP contribution in [0.2, 0.25) is 0 Å². The molecule has 15 heavy (non-hydrogen) atoms. The number of rotatable bonds is 2. The molecule has 1 N–H and O–H groups in total. The molecule has 0 aliphatic heterocycles. The van der Waals surface area contributed by atoms with Gasteiger partial charge in [0.25, 0.3) is 0 Å². The average Bonchev–Trinajstić information content (AvgIpc) is 2.17. The lowest BCUT2D eigenvalue weighted by molar-refractivity contribution is -0.136. The first kappa shape index (κ1) is 9.58. The number of fused-ring (bicyclic) bond motifs is 1. The Labute approximate surface area is 86.6 Å². The first-order chi connectivity index (χ1) is 7.18. The van der Waals surface area contributed by atoms with Gasteiger partial charge in [0.2, 0.25) is 0 Å². The van der Waals surface area contributed by atoms with Gasteiger partial charge in [0.05, 0.1) is 17.6 Å². The largest absolute Gasteiger partial charge is 0.481 e. The number of aliphatic carboxylic acids is 1. The van der Waals surface area contributed by atoms with E-state index in [1.807, 2.05) is 13.0 Å². The molecule has 0 bridgehead atoms. The fourth-order valence-electron chi connectivity index (χ4n) is 1.62. The number of hydrogen-bond acceptors (Lipinski definition) is 3. The van der Waals surface area contributed by atoms with Crippen LogP contribution in [0, 0.1) is 6.92 Å². The van der Waals surface area contributed by atoms with Crippen LogP contribution in [0.4, 0.5) is 0 Å². The zero-order chi connectivity index (χ0) is 10.8. The van der Waals surface area contributed by atoms with Gasteiger partial charge in [-0.2, -0.15) is 0 Å². The van der Waals surface area contributed by atoms with Gasteiger partial charge in [-0.1, -0.05) is 0 Å². The number of aryl methyl sites for hydroxylation is 1. The highest BCUT2D eigenvalue weighted by Gasteiger charge is 2.09. The molecule has 76 valence electrons. The minimum atomic E-state index is -0.877. The molecule has 0 fully saturated rings. The molecule has 2 rings (SSSR count). The van der Waals surface area contributed by atoms with Crippen LogP contribution in [0.5, 0.6) is 0 Å². The molecule has 0 saturated heterocycles. The zero-order valence-corrected chi connectivity index (χ0v) is 8.27. The van der Waals surface area contributed by atoms with Crippen molar-refractivity contribution in [1.82, 2.24) is 9.97 Å². The summed E-state index contributed by atoms with van der Waals surface area (Å²) in [5.74, 6) is -0.877. The van der Waals surface area contributed by atoms with E-state index in [0.717, 1.165) is 16.5 Å². The minimum Gasteiger partial charge on any atom is -0.481 e. The second-order valence-electron chi connectivity index (χ2n) is 3.35. The van der Waals surface area contributed by atoms with Gasteiger partial charge in [0.15, 0.2) is 0 Å². The van der Waals surface area contributed by atoms with E-state index in [0.29, 0.717) is 5.69 Å². The van der Waals surface area contributed by atoms with E-state index in [-0.39, 0.29) is 6.42 Å². The molecule has 0 radical (unpaired) electrons. The molecule has 0 saturated carbocycles. The summed E-state index contributed by atoms with van der Waals surface area (Å²) in [6, 6.07) is 3.64. The number of nitrogens with zero attached hydrogens (tertiary/aromatic N) is 2. The van der Waals surface area contributed by atoms with E-state index in [9.17, 15) is 4.79 Å². The van der Waals surface area contributed by atoms with Crippen LogP contribution < -0.4 is 0 Å². The summed E-state index contributed by atoms with van der Waals surface area (Å²) in [6.07, 6.45) is 3.24. The standard InChI is InChI=1S/C11H10N2O2/c1-7-2-4-12-8-3-5-13-9(11(7)8)6-10(14)15/h2-5H,6H2,1H3,(H,14,15). The Morgan fingerprint density at radius 3 is 2.80 bits per heavy atom. The second kappa shape index (κ2) is 3.65. The molecule has 0 aromatic carbocycles. The monoisotopic (exact) mass is 202 g/mol. The number of aromatic nitrogens is 2. The predicted octanol–water partition coefficient (Wildman–Crippen LogP) is 1.57. The van der Waals surface area contributed by atoms with Crippen molar-refractivity contribution in [3.8, 4) is 0 Å². The van der Waals surface area contributed by atoms with Gasteiger partial charge < -0.3 is 5.11 Å². The summed E-state index contributed by atoms with van der Waals surface area (Å²) < 4.78 is 0.